The van der Waals surface area contributed by atoms with Crippen molar-refractivity contribution < 1.29 is 13.9 Å². The molecule has 0 bridgehead atoms. The fraction of sp³-hybridized carbons (Fsp3) is 0.722. The molecule has 0 N–H and O–H groups in total. The molecule has 24 heavy (non-hydrogen) atoms. The lowest BCUT2D eigenvalue weighted by Crippen LogP contribution is -2.48. The van der Waals surface area contributed by atoms with E-state index in [1.54, 1.807) is 0 Å². The van der Waals surface area contributed by atoms with Crippen molar-refractivity contribution in [3.8, 4) is 0 Å². The second-order valence-corrected chi connectivity index (χ2v) is 10.2. The summed E-state index contributed by atoms with van der Waals surface area (Å²) in [5, 5.41) is 0. The number of nitrogens with zero attached hydrogens (tertiary/aromatic N) is 1. The van der Waals surface area contributed by atoms with E-state index in [0.29, 0.717) is 18.8 Å². The Morgan fingerprint density at radius 1 is 1.21 bits per heavy atom. The number of fused-ring (bicyclic) bond motifs is 2. The van der Waals surface area contributed by atoms with E-state index in [1.807, 2.05) is 42.3 Å². The molecule has 3 heterocycles. The number of ether oxygens (including phenoxy) is 1. The molecule has 2 unspecified atom stereocenters. The van der Waals surface area contributed by atoms with Gasteiger partial charge in [-0.3, -0.25) is 4.79 Å². The summed E-state index contributed by atoms with van der Waals surface area (Å²) in [5.41, 5.74) is 2.39. The molecule has 3 aliphatic rings. The molecule has 4 nitrogen and oxygen atoms in total. The molecular formula is C18H25NO3S2. The van der Waals surface area contributed by atoms with E-state index in [-0.39, 0.29) is 22.2 Å². The van der Waals surface area contributed by atoms with Crippen molar-refractivity contribution in [2.45, 2.75) is 56.3 Å². The molecule has 1 aromatic rings. The minimum atomic E-state index is 0.0343. The Labute approximate surface area is 152 Å². The number of furan rings is 1. The number of amides is 1. The minimum absolute atomic E-state index is 0.0343. The van der Waals surface area contributed by atoms with Crippen molar-refractivity contribution in [3.05, 3.63) is 22.6 Å². The number of hydrogen-bond acceptors (Lipinski definition) is 5. The Kier molecular flexibility index (Phi) is 4.42. The van der Waals surface area contributed by atoms with Gasteiger partial charge >= 0.3 is 0 Å². The molecule has 4 rings (SSSR count). The lowest BCUT2D eigenvalue weighted by Gasteiger charge is -2.35. The molecule has 2 fully saturated rings. The van der Waals surface area contributed by atoms with Crippen LogP contribution in [-0.2, 0) is 15.2 Å². The van der Waals surface area contributed by atoms with Gasteiger partial charge in [0.15, 0.2) is 5.76 Å². The van der Waals surface area contributed by atoms with Gasteiger partial charge in [0.05, 0.1) is 16.3 Å². The molecule has 2 saturated heterocycles. The SMILES string of the molecule is Cc1c(C(=O)N2CC(C)OC(C)C2)oc2c1C1(CCC2)SCCS1. The van der Waals surface area contributed by atoms with Crippen LogP contribution in [0.3, 0.4) is 0 Å². The Bertz CT molecular complexity index is 641. The number of morpholine rings is 1. The predicted octanol–water partition coefficient (Wildman–Crippen LogP) is 3.81. The van der Waals surface area contributed by atoms with Gasteiger partial charge in [0.25, 0.3) is 5.91 Å². The van der Waals surface area contributed by atoms with Gasteiger partial charge in [-0.2, -0.15) is 0 Å². The monoisotopic (exact) mass is 367 g/mol. The van der Waals surface area contributed by atoms with Gasteiger partial charge in [-0.1, -0.05) is 0 Å². The van der Waals surface area contributed by atoms with Gasteiger partial charge in [0, 0.05) is 42.1 Å². The second-order valence-electron chi connectivity index (χ2n) is 7.13. The van der Waals surface area contributed by atoms with Gasteiger partial charge in [0.1, 0.15) is 5.76 Å². The van der Waals surface area contributed by atoms with Crippen LogP contribution in [0.2, 0.25) is 0 Å². The normalized spacial score (nSPS) is 29.0. The first kappa shape index (κ1) is 16.9. The first-order chi connectivity index (χ1) is 11.5. The number of thioether (sulfide) groups is 2. The Hall–Kier alpha value is -0.590. The molecule has 1 spiro atoms. The number of aryl methyl sites for hydroxylation is 1. The van der Waals surface area contributed by atoms with E-state index in [1.165, 1.54) is 23.5 Å². The predicted molar refractivity (Wildman–Crippen MR) is 98.9 cm³/mol. The standard InChI is InChI=1S/C18H25NO3S2/c1-11-9-19(10-12(2)21-11)17(20)16-13(3)15-14(22-16)5-4-6-18(15)23-7-8-24-18/h11-12H,4-10H2,1-3H3. The molecule has 1 aliphatic carbocycles. The summed E-state index contributed by atoms with van der Waals surface area (Å²) >= 11 is 4.08. The third kappa shape index (κ3) is 2.71. The molecular weight excluding hydrogens is 342 g/mol. The zero-order valence-electron chi connectivity index (χ0n) is 14.6. The molecule has 1 aromatic heterocycles. The third-order valence-corrected chi connectivity index (χ3v) is 8.70. The van der Waals surface area contributed by atoms with E-state index in [0.717, 1.165) is 24.2 Å². The van der Waals surface area contributed by atoms with E-state index >= 15 is 0 Å². The maximum absolute atomic E-state index is 13.1. The third-order valence-electron chi connectivity index (χ3n) is 5.17. The summed E-state index contributed by atoms with van der Waals surface area (Å²) in [6, 6.07) is 0. The Balaban J connectivity index is 1.67. The largest absolute Gasteiger partial charge is 0.455 e. The smallest absolute Gasteiger partial charge is 0.290 e. The van der Waals surface area contributed by atoms with Crippen molar-refractivity contribution in [1.29, 1.82) is 0 Å². The van der Waals surface area contributed by atoms with Crippen LogP contribution in [0.5, 0.6) is 0 Å². The molecule has 132 valence electrons. The zero-order chi connectivity index (χ0) is 16.9. The van der Waals surface area contributed by atoms with E-state index in [4.69, 9.17) is 9.15 Å². The quantitative estimate of drug-likeness (QED) is 0.755. The summed E-state index contributed by atoms with van der Waals surface area (Å²) in [4.78, 5) is 15.0. The van der Waals surface area contributed by atoms with Crippen molar-refractivity contribution in [3.63, 3.8) is 0 Å². The van der Waals surface area contributed by atoms with Crippen LogP contribution in [0.1, 0.15) is 54.1 Å². The lowest BCUT2D eigenvalue weighted by molar-refractivity contribution is -0.0592. The highest BCUT2D eigenvalue weighted by atomic mass is 32.2. The molecule has 1 amide bonds. The molecule has 2 aliphatic heterocycles. The number of hydrogen-bond donors (Lipinski definition) is 0. The van der Waals surface area contributed by atoms with Gasteiger partial charge in [-0.15, -0.1) is 23.5 Å². The molecule has 0 saturated carbocycles. The van der Waals surface area contributed by atoms with Crippen molar-refractivity contribution >= 4 is 29.4 Å². The molecule has 6 heteroatoms. The maximum Gasteiger partial charge on any atom is 0.290 e. The molecule has 0 aromatic carbocycles. The van der Waals surface area contributed by atoms with Crippen LogP contribution in [0.4, 0.5) is 0 Å². The van der Waals surface area contributed by atoms with Crippen molar-refractivity contribution in [1.82, 2.24) is 4.90 Å². The number of carbonyl (C=O) groups is 1. The second kappa shape index (κ2) is 6.29. The summed E-state index contributed by atoms with van der Waals surface area (Å²) in [5.74, 6) is 4.04. The average Bonchev–Trinajstić information content (AvgIpc) is 3.12. The van der Waals surface area contributed by atoms with Crippen LogP contribution in [0.15, 0.2) is 4.42 Å². The summed E-state index contributed by atoms with van der Waals surface area (Å²) < 4.78 is 12.0. The summed E-state index contributed by atoms with van der Waals surface area (Å²) in [7, 11) is 0. The maximum atomic E-state index is 13.1. The number of rotatable bonds is 1. The first-order valence-electron chi connectivity index (χ1n) is 8.85. The van der Waals surface area contributed by atoms with Gasteiger partial charge in [-0.25, -0.2) is 0 Å². The minimum Gasteiger partial charge on any atom is -0.455 e. The van der Waals surface area contributed by atoms with Crippen LogP contribution in [-0.4, -0.2) is 47.6 Å². The van der Waals surface area contributed by atoms with Crippen LogP contribution in [0.25, 0.3) is 0 Å². The Morgan fingerprint density at radius 3 is 2.54 bits per heavy atom. The van der Waals surface area contributed by atoms with Crippen molar-refractivity contribution in [2.75, 3.05) is 24.6 Å². The fourth-order valence-electron chi connectivity index (χ4n) is 4.29. The zero-order valence-corrected chi connectivity index (χ0v) is 16.2. The summed E-state index contributed by atoms with van der Waals surface area (Å²) in [6.07, 6.45) is 3.46. The molecule has 0 radical (unpaired) electrons. The molecule has 2 atom stereocenters. The average molecular weight is 368 g/mol. The highest BCUT2D eigenvalue weighted by Gasteiger charge is 2.45. The lowest BCUT2D eigenvalue weighted by atomic mass is 9.94. The van der Waals surface area contributed by atoms with Crippen LogP contribution in [0, 0.1) is 6.92 Å². The van der Waals surface area contributed by atoms with Crippen molar-refractivity contribution in [2.24, 2.45) is 0 Å². The van der Waals surface area contributed by atoms with E-state index < -0.39 is 0 Å². The van der Waals surface area contributed by atoms with Gasteiger partial charge < -0.3 is 14.1 Å². The number of carbonyl (C=O) groups excluding carboxylic acids is 1. The fourth-order valence-corrected chi connectivity index (χ4v) is 7.85. The van der Waals surface area contributed by atoms with Gasteiger partial charge in [0.2, 0.25) is 0 Å². The van der Waals surface area contributed by atoms with Crippen LogP contribution >= 0.6 is 23.5 Å². The van der Waals surface area contributed by atoms with Gasteiger partial charge in [-0.05, 0) is 33.6 Å². The van der Waals surface area contributed by atoms with Crippen LogP contribution < -0.4 is 0 Å². The summed E-state index contributed by atoms with van der Waals surface area (Å²) in [6.45, 7) is 7.41. The highest BCUT2D eigenvalue weighted by Crippen LogP contribution is 2.59. The Morgan fingerprint density at radius 2 is 1.88 bits per heavy atom. The topological polar surface area (TPSA) is 42.7 Å². The van der Waals surface area contributed by atoms with E-state index in [9.17, 15) is 4.79 Å². The first-order valence-corrected chi connectivity index (χ1v) is 10.8. The van der Waals surface area contributed by atoms with E-state index in [2.05, 4.69) is 6.92 Å². The highest BCUT2D eigenvalue weighted by molar-refractivity contribution is 8.20.